The molecule has 0 radical (unpaired) electrons. The molecule has 0 bridgehead atoms. The van der Waals surface area contributed by atoms with Crippen molar-refractivity contribution < 1.29 is 19.4 Å². The molecule has 0 saturated heterocycles. The average Bonchev–Trinajstić information content (AvgIpc) is 3.26. The SMILES string of the molecule is Cc1cc(C)nc(OC(C(=O)O)C2(c3ccccc3)NCC(=O)N(CCc3cn(C)c4ccccc34)c3ccccc32)n1. The first kappa shape index (κ1) is 28.1. The van der Waals surface area contributed by atoms with E-state index in [1.165, 1.54) is 0 Å². The van der Waals surface area contributed by atoms with E-state index in [-0.39, 0.29) is 18.5 Å². The molecule has 0 spiro atoms. The summed E-state index contributed by atoms with van der Waals surface area (Å²) in [5.74, 6) is -1.39. The van der Waals surface area contributed by atoms with Crippen LogP contribution in [0.2, 0.25) is 0 Å². The highest BCUT2D eigenvalue weighted by atomic mass is 16.5. The molecule has 2 N–H and O–H groups in total. The lowest BCUT2D eigenvalue weighted by Crippen LogP contribution is -2.58. The molecule has 2 unspecified atom stereocenters. The Kier molecular flexibility index (Phi) is 7.41. The van der Waals surface area contributed by atoms with Crippen LogP contribution in [0.5, 0.6) is 6.01 Å². The summed E-state index contributed by atoms with van der Waals surface area (Å²) >= 11 is 0. The Bertz CT molecular complexity index is 1800. The van der Waals surface area contributed by atoms with Gasteiger partial charge in [-0.1, -0.05) is 66.7 Å². The van der Waals surface area contributed by atoms with Gasteiger partial charge in [-0.2, -0.15) is 0 Å². The molecule has 43 heavy (non-hydrogen) atoms. The van der Waals surface area contributed by atoms with Crippen molar-refractivity contribution in [1.29, 1.82) is 0 Å². The quantitative estimate of drug-likeness (QED) is 0.280. The highest BCUT2D eigenvalue weighted by Crippen LogP contribution is 2.42. The van der Waals surface area contributed by atoms with Crippen LogP contribution in [0.1, 0.15) is 28.1 Å². The molecule has 0 saturated carbocycles. The Morgan fingerprint density at radius 3 is 2.42 bits per heavy atom. The van der Waals surface area contributed by atoms with Crippen molar-refractivity contribution in [3.63, 3.8) is 0 Å². The van der Waals surface area contributed by atoms with Crippen molar-refractivity contribution in [1.82, 2.24) is 19.9 Å². The van der Waals surface area contributed by atoms with Crippen molar-refractivity contribution in [2.75, 3.05) is 18.0 Å². The van der Waals surface area contributed by atoms with Crippen LogP contribution in [0.15, 0.2) is 91.1 Å². The Labute approximate surface area is 249 Å². The number of aliphatic carboxylic acids is 1. The third-order valence-corrected chi connectivity index (χ3v) is 8.06. The average molecular weight is 576 g/mol. The second kappa shape index (κ2) is 11.3. The number of rotatable bonds is 8. The fourth-order valence-corrected chi connectivity index (χ4v) is 6.20. The molecular formula is C34H33N5O4. The first-order chi connectivity index (χ1) is 20.8. The van der Waals surface area contributed by atoms with E-state index in [1.54, 1.807) is 24.8 Å². The van der Waals surface area contributed by atoms with Gasteiger partial charge in [-0.25, -0.2) is 14.8 Å². The normalized spacial score (nSPS) is 17.4. The van der Waals surface area contributed by atoms with E-state index >= 15 is 0 Å². The molecule has 0 aliphatic carbocycles. The summed E-state index contributed by atoms with van der Waals surface area (Å²) in [7, 11) is 2.02. The third-order valence-electron chi connectivity index (χ3n) is 8.06. The van der Waals surface area contributed by atoms with Crippen molar-refractivity contribution in [3.05, 3.63) is 119 Å². The van der Waals surface area contributed by atoms with Gasteiger partial charge in [0, 0.05) is 53.3 Å². The van der Waals surface area contributed by atoms with Gasteiger partial charge in [0.1, 0.15) is 5.54 Å². The smallest absolute Gasteiger partial charge is 0.347 e. The van der Waals surface area contributed by atoms with Crippen LogP contribution in [0.3, 0.4) is 0 Å². The number of ether oxygens (including phenoxy) is 1. The number of carboxylic acids is 1. The molecule has 9 nitrogen and oxygen atoms in total. The van der Waals surface area contributed by atoms with Crippen molar-refractivity contribution in [2.24, 2.45) is 7.05 Å². The van der Waals surface area contributed by atoms with Crippen LogP contribution < -0.4 is 15.0 Å². The zero-order valence-electron chi connectivity index (χ0n) is 24.3. The zero-order chi connectivity index (χ0) is 30.1. The molecule has 0 fully saturated rings. The summed E-state index contributed by atoms with van der Waals surface area (Å²) in [6.07, 6.45) is 1.21. The van der Waals surface area contributed by atoms with E-state index < -0.39 is 17.6 Å². The van der Waals surface area contributed by atoms with Gasteiger partial charge in [0.15, 0.2) is 0 Å². The largest absolute Gasteiger partial charge is 0.478 e. The van der Waals surface area contributed by atoms with E-state index in [0.717, 1.165) is 16.5 Å². The maximum atomic E-state index is 13.9. The number of nitrogens with zero attached hydrogens (tertiary/aromatic N) is 4. The van der Waals surface area contributed by atoms with Crippen LogP contribution in [0.25, 0.3) is 10.9 Å². The monoisotopic (exact) mass is 575 g/mol. The molecule has 5 aromatic rings. The molecule has 2 aromatic heterocycles. The molecular weight excluding hydrogens is 542 g/mol. The number of para-hydroxylation sites is 2. The number of fused-ring (bicyclic) bond motifs is 2. The Morgan fingerprint density at radius 1 is 1.00 bits per heavy atom. The summed E-state index contributed by atoms with van der Waals surface area (Å²) < 4.78 is 8.27. The maximum absolute atomic E-state index is 13.9. The van der Waals surface area contributed by atoms with Gasteiger partial charge in [0.2, 0.25) is 12.0 Å². The van der Waals surface area contributed by atoms with Gasteiger partial charge in [0.05, 0.1) is 6.54 Å². The number of carbonyl (C=O) groups excluding carboxylic acids is 1. The van der Waals surface area contributed by atoms with Gasteiger partial charge in [-0.3, -0.25) is 10.1 Å². The van der Waals surface area contributed by atoms with Gasteiger partial charge < -0.3 is 19.3 Å². The molecule has 2 atom stereocenters. The predicted molar refractivity (Wildman–Crippen MR) is 164 cm³/mol. The molecule has 1 aliphatic heterocycles. The Hall–Kier alpha value is -5.02. The first-order valence-electron chi connectivity index (χ1n) is 14.2. The number of benzene rings is 3. The summed E-state index contributed by atoms with van der Waals surface area (Å²) in [4.78, 5) is 37.5. The van der Waals surface area contributed by atoms with Crippen LogP contribution in [-0.2, 0) is 28.6 Å². The molecule has 3 aromatic carbocycles. The van der Waals surface area contributed by atoms with Gasteiger partial charge in [-0.05, 0) is 49.6 Å². The summed E-state index contributed by atoms with van der Waals surface area (Å²) in [5.41, 5.74) is 4.00. The van der Waals surface area contributed by atoms with E-state index in [0.29, 0.717) is 41.2 Å². The number of aromatic nitrogens is 3. The molecule has 218 valence electrons. The zero-order valence-corrected chi connectivity index (χ0v) is 24.3. The second-order valence-corrected chi connectivity index (χ2v) is 10.9. The first-order valence-corrected chi connectivity index (χ1v) is 14.2. The fourth-order valence-electron chi connectivity index (χ4n) is 6.20. The van der Waals surface area contributed by atoms with Crippen LogP contribution >= 0.6 is 0 Å². The molecule has 9 heteroatoms. The van der Waals surface area contributed by atoms with E-state index in [2.05, 4.69) is 38.2 Å². The standard InChI is InChI=1S/C34H33N5O4/c1-22-19-23(2)37-33(36-22)43-31(32(41)42)34(25-11-5-4-6-12-25)27-14-8-10-16-29(27)39(30(40)20-35-34)18-17-24-21-38(3)28-15-9-7-13-26(24)28/h4-16,19,21,31,35H,17-18,20H2,1-3H3,(H,41,42). The number of hydrogen-bond acceptors (Lipinski definition) is 6. The summed E-state index contributed by atoms with van der Waals surface area (Å²) in [5, 5.41) is 15.2. The number of carbonyl (C=O) groups is 2. The maximum Gasteiger partial charge on any atom is 0.347 e. The lowest BCUT2D eigenvalue weighted by Gasteiger charge is -2.39. The van der Waals surface area contributed by atoms with Crippen LogP contribution in [0.4, 0.5) is 5.69 Å². The van der Waals surface area contributed by atoms with E-state index in [4.69, 9.17) is 4.74 Å². The summed E-state index contributed by atoms with van der Waals surface area (Å²) in [6, 6.07) is 26.7. The Morgan fingerprint density at radius 2 is 1.67 bits per heavy atom. The fraction of sp³-hybridized carbons (Fsp3) is 0.235. The second-order valence-electron chi connectivity index (χ2n) is 10.9. The highest BCUT2D eigenvalue weighted by Gasteiger charge is 2.52. The molecule has 1 amide bonds. The third kappa shape index (κ3) is 5.12. The number of nitrogens with one attached hydrogen (secondary N) is 1. The van der Waals surface area contributed by atoms with E-state index in [1.807, 2.05) is 73.8 Å². The number of amides is 1. The number of aryl methyl sites for hydroxylation is 3. The lowest BCUT2D eigenvalue weighted by atomic mass is 9.77. The van der Waals surface area contributed by atoms with Gasteiger partial charge in [-0.15, -0.1) is 0 Å². The number of hydrogen-bond donors (Lipinski definition) is 2. The molecule has 6 rings (SSSR count). The Balaban J connectivity index is 1.48. The molecule has 3 heterocycles. The minimum atomic E-state index is -1.51. The number of anilines is 1. The predicted octanol–water partition coefficient (Wildman–Crippen LogP) is 4.54. The summed E-state index contributed by atoms with van der Waals surface area (Å²) in [6.45, 7) is 3.90. The minimum absolute atomic E-state index is 0.0390. The minimum Gasteiger partial charge on any atom is -0.478 e. The number of carboxylic acid groups (broad SMARTS) is 1. The molecule has 1 aliphatic rings. The van der Waals surface area contributed by atoms with Gasteiger partial charge >= 0.3 is 12.0 Å². The highest BCUT2D eigenvalue weighted by molar-refractivity contribution is 5.98. The van der Waals surface area contributed by atoms with Crippen molar-refractivity contribution in [2.45, 2.75) is 31.9 Å². The lowest BCUT2D eigenvalue weighted by molar-refractivity contribution is -0.149. The van der Waals surface area contributed by atoms with Crippen LogP contribution in [-0.4, -0.2) is 50.7 Å². The van der Waals surface area contributed by atoms with Crippen molar-refractivity contribution >= 4 is 28.5 Å². The van der Waals surface area contributed by atoms with Gasteiger partial charge in [0.25, 0.3) is 0 Å². The topological polar surface area (TPSA) is 110 Å². The van der Waals surface area contributed by atoms with Crippen LogP contribution in [0, 0.1) is 13.8 Å². The van der Waals surface area contributed by atoms with E-state index in [9.17, 15) is 14.7 Å². The van der Waals surface area contributed by atoms with Crippen molar-refractivity contribution in [3.8, 4) is 6.01 Å².